The number of hydrogen-bond donors (Lipinski definition) is 2. The molecule has 2 heterocycles. The number of hydrogen-bond acceptors (Lipinski definition) is 6. The molecule has 0 amide bonds. The largest absolute Gasteiger partial charge is 0.508 e. The molecule has 0 radical (unpaired) electrons. The zero-order valence-electron chi connectivity index (χ0n) is 18.3. The second-order valence-electron chi connectivity index (χ2n) is 8.51. The second kappa shape index (κ2) is 9.93. The van der Waals surface area contributed by atoms with E-state index in [0.717, 1.165) is 16.7 Å². The Morgan fingerprint density at radius 3 is 2.76 bits per heavy atom. The third-order valence-corrected chi connectivity index (χ3v) is 8.38. The zero-order chi connectivity index (χ0) is 23.6. The molecule has 2 aromatic rings. The fraction of sp³-hybridized carbons (Fsp3) is 0.333. The third-order valence-electron chi connectivity index (χ3n) is 5.99. The highest BCUT2D eigenvalue weighted by Gasteiger charge is 2.48. The average Bonchev–Trinajstić information content (AvgIpc) is 3.03. The molecule has 2 aromatic carbocycles. The topological polar surface area (TPSA) is 93.1 Å². The molecule has 6 nitrogen and oxygen atoms in total. The molecular formula is C24H26BClO6S. The van der Waals surface area contributed by atoms with Gasteiger partial charge in [0, 0.05) is 6.32 Å². The Morgan fingerprint density at radius 2 is 2.03 bits per heavy atom. The Bertz CT molecular complexity index is 1180. The number of aromatic hydroxyl groups is 1. The molecule has 0 aliphatic carbocycles. The van der Waals surface area contributed by atoms with Crippen molar-refractivity contribution in [2.45, 2.75) is 37.4 Å². The van der Waals surface area contributed by atoms with E-state index in [0.29, 0.717) is 29.2 Å². The molecule has 2 atom stereocenters. The molecule has 0 unspecified atom stereocenters. The van der Waals surface area contributed by atoms with Crippen molar-refractivity contribution >= 4 is 34.6 Å². The van der Waals surface area contributed by atoms with Crippen LogP contribution in [0.5, 0.6) is 11.5 Å². The molecule has 33 heavy (non-hydrogen) atoms. The summed E-state index contributed by atoms with van der Waals surface area (Å²) in [5.74, 6) is 0.694. The minimum absolute atomic E-state index is 0.0426. The molecule has 0 aromatic heterocycles. The lowest BCUT2D eigenvalue weighted by molar-refractivity contribution is 0.168. The molecule has 9 heteroatoms. The quantitative estimate of drug-likeness (QED) is 0.446. The first-order valence-corrected chi connectivity index (χ1v) is 12.9. The van der Waals surface area contributed by atoms with Crippen LogP contribution in [0.4, 0.5) is 0 Å². The van der Waals surface area contributed by atoms with Crippen molar-refractivity contribution in [2.75, 3.05) is 12.4 Å². The lowest BCUT2D eigenvalue weighted by Crippen LogP contribution is -2.42. The van der Waals surface area contributed by atoms with Crippen LogP contribution in [0.1, 0.15) is 25.3 Å². The number of ether oxygens (including phenoxy) is 1. The maximum Gasteiger partial charge on any atom is 0.456 e. The van der Waals surface area contributed by atoms with Gasteiger partial charge in [-0.3, -0.25) is 0 Å². The van der Waals surface area contributed by atoms with Crippen LogP contribution in [-0.2, 0) is 14.5 Å². The minimum atomic E-state index is -3.41. The molecular weight excluding hydrogens is 463 g/mol. The van der Waals surface area contributed by atoms with Crippen molar-refractivity contribution in [1.29, 1.82) is 0 Å². The molecule has 0 bridgehead atoms. The highest BCUT2D eigenvalue weighted by atomic mass is 35.5. The van der Waals surface area contributed by atoms with E-state index < -0.39 is 28.3 Å². The van der Waals surface area contributed by atoms with Crippen molar-refractivity contribution < 1.29 is 27.9 Å². The van der Waals surface area contributed by atoms with Crippen molar-refractivity contribution in [1.82, 2.24) is 0 Å². The summed E-state index contributed by atoms with van der Waals surface area (Å²) in [5.41, 5.74) is 3.25. The zero-order valence-corrected chi connectivity index (χ0v) is 19.8. The van der Waals surface area contributed by atoms with Gasteiger partial charge in [-0.1, -0.05) is 41.4 Å². The van der Waals surface area contributed by atoms with E-state index in [9.17, 15) is 18.5 Å². The number of halogens is 1. The number of allylic oxidation sites excluding steroid dienone is 1. The van der Waals surface area contributed by atoms with Gasteiger partial charge < -0.3 is 19.5 Å². The van der Waals surface area contributed by atoms with Crippen LogP contribution in [0.25, 0.3) is 6.08 Å². The first-order valence-electron chi connectivity index (χ1n) is 10.8. The molecule has 2 aliphatic heterocycles. The Labute approximate surface area is 199 Å². The molecule has 174 valence electrons. The van der Waals surface area contributed by atoms with E-state index in [2.05, 4.69) is 0 Å². The second-order valence-corrected chi connectivity index (χ2v) is 11.1. The lowest BCUT2D eigenvalue weighted by atomic mass is 9.74. The van der Waals surface area contributed by atoms with Gasteiger partial charge in [-0.15, -0.1) is 0 Å². The fourth-order valence-electron chi connectivity index (χ4n) is 4.42. The van der Waals surface area contributed by atoms with Gasteiger partial charge in [-0.05, 0) is 66.8 Å². The van der Waals surface area contributed by atoms with Gasteiger partial charge in [0.1, 0.15) is 18.1 Å². The maximum absolute atomic E-state index is 12.8. The third kappa shape index (κ3) is 5.63. The van der Waals surface area contributed by atoms with Crippen LogP contribution in [0.3, 0.4) is 0 Å². The molecule has 0 spiro atoms. The molecule has 1 fully saturated rings. The summed E-state index contributed by atoms with van der Waals surface area (Å²) in [5, 5.41) is 19.5. The van der Waals surface area contributed by atoms with Crippen LogP contribution in [0.2, 0.25) is 11.3 Å². The SMILES string of the molecule is C/C(=C\c1ccc(O)cc1Cl)CC[C@H]1OB(O)C[C@H]2C1=C(COc1ccccc1)CS2(=O)=O. The first-order chi connectivity index (χ1) is 15.7. The summed E-state index contributed by atoms with van der Waals surface area (Å²) < 4.78 is 37.3. The summed E-state index contributed by atoms with van der Waals surface area (Å²) in [7, 11) is -4.53. The summed E-state index contributed by atoms with van der Waals surface area (Å²) in [4.78, 5) is 0. The predicted octanol–water partition coefficient (Wildman–Crippen LogP) is 4.28. The van der Waals surface area contributed by atoms with E-state index in [1.807, 2.05) is 43.3 Å². The lowest BCUT2D eigenvalue weighted by Gasteiger charge is -2.32. The number of sulfone groups is 1. The standard InChI is InChI=1S/C24H26BClO6S/c1-16(11-17-8-9-19(27)12-21(17)26)7-10-22-24-18(14-31-20-5-3-2-4-6-20)15-33(29,30)23(24)13-25(28)32-22/h2-6,8-9,11-12,22-23,27-28H,7,10,13-15H2,1H3/b16-11+/t22-,23+/m1/s1. The number of para-hydroxylation sites is 1. The van der Waals surface area contributed by atoms with E-state index in [4.69, 9.17) is 21.0 Å². The Balaban J connectivity index is 1.53. The van der Waals surface area contributed by atoms with E-state index >= 15 is 0 Å². The molecule has 0 saturated carbocycles. The van der Waals surface area contributed by atoms with Gasteiger partial charge in [0.15, 0.2) is 9.84 Å². The van der Waals surface area contributed by atoms with E-state index in [1.165, 1.54) is 6.07 Å². The van der Waals surface area contributed by atoms with Crippen molar-refractivity contribution in [3.63, 3.8) is 0 Å². The highest BCUT2D eigenvalue weighted by molar-refractivity contribution is 7.92. The fourth-order valence-corrected chi connectivity index (χ4v) is 6.75. The van der Waals surface area contributed by atoms with E-state index in [-0.39, 0.29) is 24.4 Å². The summed E-state index contributed by atoms with van der Waals surface area (Å²) in [6, 6.07) is 14.1. The van der Waals surface area contributed by atoms with Gasteiger partial charge in [-0.2, -0.15) is 0 Å². The molecule has 1 saturated heterocycles. The average molecular weight is 489 g/mol. The van der Waals surface area contributed by atoms with E-state index in [1.54, 1.807) is 12.1 Å². The van der Waals surface area contributed by atoms with Crippen LogP contribution >= 0.6 is 11.6 Å². The van der Waals surface area contributed by atoms with Gasteiger partial charge in [0.25, 0.3) is 0 Å². The predicted molar refractivity (Wildman–Crippen MR) is 130 cm³/mol. The number of phenolic OH excluding ortho intramolecular Hbond substituents is 1. The van der Waals surface area contributed by atoms with Gasteiger partial charge in [0.2, 0.25) is 0 Å². The first kappa shape index (κ1) is 23.9. The Hall–Kier alpha value is -2.26. The normalized spacial score (nSPS) is 22.4. The molecule has 2 aliphatic rings. The van der Waals surface area contributed by atoms with Crippen molar-refractivity contribution in [3.8, 4) is 11.5 Å². The monoisotopic (exact) mass is 488 g/mol. The minimum Gasteiger partial charge on any atom is -0.508 e. The summed E-state index contributed by atoms with van der Waals surface area (Å²) in [6.07, 6.45) is 2.60. The smallest absolute Gasteiger partial charge is 0.456 e. The molecule has 4 rings (SSSR count). The Morgan fingerprint density at radius 1 is 1.27 bits per heavy atom. The van der Waals surface area contributed by atoms with Crippen molar-refractivity contribution in [3.05, 3.63) is 75.8 Å². The number of phenols is 1. The van der Waals surface area contributed by atoms with Gasteiger partial charge in [-0.25, -0.2) is 8.42 Å². The van der Waals surface area contributed by atoms with Crippen LogP contribution in [0, 0.1) is 0 Å². The van der Waals surface area contributed by atoms with Crippen LogP contribution in [0.15, 0.2) is 65.3 Å². The van der Waals surface area contributed by atoms with Gasteiger partial charge >= 0.3 is 7.12 Å². The number of benzene rings is 2. The highest BCUT2D eigenvalue weighted by Crippen LogP contribution is 2.40. The van der Waals surface area contributed by atoms with Crippen LogP contribution < -0.4 is 4.74 Å². The Kier molecular flexibility index (Phi) is 7.19. The number of fused-ring (bicyclic) bond motifs is 1. The van der Waals surface area contributed by atoms with Crippen LogP contribution in [-0.4, -0.2) is 49.4 Å². The van der Waals surface area contributed by atoms with Gasteiger partial charge in [0.05, 0.1) is 22.1 Å². The molecule has 2 N–H and O–H groups in total. The summed E-state index contributed by atoms with van der Waals surface area (Å²) >= 11 is 6.20. The summed E-state index contributed by atoms with van der Waals surface area (Å²) in [6.45, 7) is 2.13. The number of rotatable bonds is 7. The van der Waals surface area contributed by atoms with Crippen molar-refractivity contribution in [2.24, 2.45) is 0 Å². The maximum atomic E-state index is 12.8.